The first-order chi connectivity index (χ1) is 13.8. The van der Waals surface area contributed by atoms with Crippen LogP contribution in [0.15, 0.2) is 42.5 Å². The molecule has 1 saturated carbocycles. The van der Waals surface area contributed by atoms with E-state index in [0.29, 0.717) is 11.4 Å². The lowest BCUT2D eigenvalue weighted by Gasteiger charge is -2.49. The van der Waals surface area contributed by atoms with Crippen molar-refractivity contribution in [2.45, 2.75) is 57.6 Å². The Morgan fingerprint density at radius 3 is 2.48 bits per heavy atom. The molecule has 2 N–H and O–H groups in total. The minimum absolute atomic E-state index is 0.0302. The highest BCUT2D eigenvalue weighted by molar-refractivity contribution is 6.31. The Bertz CT molecular complexity index is 927. The lowest BCUT2D eigenvalue weighted by Crippen LogP contribution is -2.50. The highest BCUT2D eigenvalue weighted by Crippen LogP contribution is 2.60. The van der Waals surface area contributed by atoms with Crippen molar-refractivity contribution >= 4 is 29.1 Å². The van der Waals surface area contributed by atoms with Gasteiger partial charge in [-0.1, -0.05) is 47.5 Å². The van der Waals surface area contributed by atoms with Crippen molar-refractivity contribution in [2.75, 3.05) is 0 Å². The average Bonchev–Trinajstić information content (AvgIpc) is 2.93. The van der Waals surface area contributed by atoms with E-state index in [1.807, 2.05) is 25.1 Å². The summed E-state index contributed by atoms with van der Waals surface area (Å²) in [4.78, 5) is 13.0. The second-order valence-electron chi connectivity index (χ2n) is 8.75. The number of aliphatic hydroxyl groups is 1. The molecule has 0 radical (unpaired) electrons. The number of amides is 1. The molecule has 1 aliphatic heterocycles. The summed E-state index contributed by atoms with van der Waals surface area (Å²) in [6.45, 7) is 5.84. The van der Waals surface area contributed by atoms with E-state index in [1.165, 1.54) is 0 Å². The van der Waals surface area contributed by atoms with Crippen LogP contribution in [-0.2, 0) is 4.79 Å². The van der Waals surface area contributed by atoms with Crippen LogP contribution in [0.1, 0.15) is 55.2 Å². The summed E-state index contributed by atoms with van der Waals surface area (Å²) in [6, 6.07) is 14.1. The monoisotopic (exact) mass is 431 g/mol. The second kappa shape index (κ2) is 7.61. The minimum Gasteiger partial charge on any atom is -0.392 e. The summed E-state index contributed by atoms with van der Waals surface area (Å²) >= 11 is 12.9. The van der Waals surface area contributed by atoms with Gasteiger partial charge >= 0.3 is 0 Å². The zero-order valence-electron chi connectivity index (χ0n) is 17.0. The van der Waals surface area contributed by atoms with Gasteiger partial charge in [-0.05, 0) is 80.3 Å². The molecule has 1 saturated heterocycles. The number of hydrogen-bond donors (Lipinski definition) is 2. The molecule has 2 aromatic rings. The van der Waals surface area contributed by atoms with Gasteiger partial charge in [-0.15, -0.1) is 0 Å². The lowest BCUT2D eigenvalue weighted by atomic mass is 9.53. The van der Waals surface area contributed by atoms with E-state index >= 15 is 0 Å². The first kappa shape index (κ1) is 20.7. The van der Waals surface area contributed by atoms with Crippen LogP contribution in [0.3, 0.4) is 0 Å². The third kappa shape index (κ3) is 3.28. The number of carbonyl (C=O) groups excluding carboxylic acids is 1. The normalized spacial score (nSPS) is 32.6. The largest absolute Gasteiger partial charge is 0.392 e. The van der Waals surface area contributed by atoms with Gasteiger partial charge in [-0.2, -0.15) is 0 Å². The van der Waals surface area contributed by atoms with Crippen molar-refractivity contribution in [1.29, 1.82) is 0 Å². The first-order valence-corrected chi connectivity index (χ1v) is 11.0. The summed E-state index contributed by atoms with van der Waals surface area (Å²) in [5, 5.41) is 15.4. The molecule has 154 valence electrons. The Morgan fingerprint density at radius 1 is 1.17 bits per heavy atom. The molecule has 5 heteroatoms. The molecule has 6 atom stereocenters. The molecule has 1 heterocycles. The van der Waals surface area contributed by atoms with Gasteiger partial charge in [0.25, 0.3) is 0 Å². The standard InChI is InChI=1S/C24H27Cl2NO2/c1-13-4-9-18(20(26)12-13)19-10-11-24(15(3)28)22(14(2)27-23(24)29)21(19)16-5-7-17(25)8-6-16/h4-9,12,14-15,19,21-22,28H,10-11H2,1-3H3,(H,27,29)/t14-,15?,19+,21+,22+,24+/m1/s1. The van der Waals surface area contributed by atoms with Crippen LogP contribution in [0.2, 0.25) is 10.0 Å². The number of nitrogens with one attached hydrogen (secondary N) is 1. The van der Waals surface area contributed by atoms with Crippen LogP contribution in [0.5, 0.6) is 0 Å². The number of hydrogen-bond acceptors (Lipinski definition) is 2. The maximum Gasteiger partial charge on any atom is 0.229 e. The minimum atomic E-state index is -0.780. The topological polar surface area (TPSA) is 49.3 Å². The SMILES string of the molecule is Cc1ccc([C@@H]2CC[C@@]3(C(C)O)C(=O)N[C@H](C)[C@H]3[C@H]2c2ccc(Cl)cc2)c(Cl)c1. The maximum absolute atomic E-state index is 13.0. The molecular formula is C24H27Cl2NO2. The number of carbonyl (C=O) groups is 1. The van der Waals surface area contributed by atoms with E-state index < -0.39 is 11.5 Å². The van der Waals surface area contributed by atoms with Crippen molar-refractivity contribution in [2.24, 2.45) is 11.3 Å². The summed E-state index contributed by atoms with van der Waals surface area (Å²) in [6.07, 6.45) is 0.712. The van der Waals surface area contributed by atoms with Crippen molar-refractivity contribution < 1.29 is 9.90 Å². The Balaban J connectivity index is 1.89. The van der Waals surface area contributed by atoms with Gasteiger partial charge < -0.3 is 10.4 Å². The third-order valence-corrected chi connectivity index (χ3v) is 7.74. The van der Waals surface area contributed by atoms with Crippen molar-refractivity contribution in [1.82, 2.24) is 5.32 Å². The van der Waals surface area contributed by atoms with E-state index in [2.05, 4.69) is 36.5 Å². The Morgan fingerprint density at radius 2 is 1.86 bits per heavy atom. The Hall–Kier alpha value is -1.55. The van der Waals surface area contributed by atoms with E-state index in [4.69, 9.17) is 23.2 Å². The first-order valence-electron chi connectivity index (χ1n) is 10.3. The van der Waals surface area contributed by atoms with E-state index in [-0.39, 0.29) is 29.7 Å². The highest BCUT2D eigenvalue weighted by atomic mass is 35.5. The molecular weight excluding hydrogens is 405 g/mol. The molecule has 3 nitrogen and oxygen atoms in total. The van der Waals surface area contributed by atoms with Crippen LogP contribution < -0.4 is 5.32 Å². The maximum atomic E-state index is 13.0. The number of benzene rings is 2. The van der Waals surface area contributed by atoms with Crippen LogP contribution in [0.25, 0.3) is 0 Å². The van der Waals surface area contributed by atoms with Crippen LogP contribution in [0.4, 0.5) is 0 Å². The van der Waals surface area contributed by atoms with Crippen molar-refractivity contribution in [3.63, 3.8) is 0 Å². The number of aryl methyl sites for hydroxylation is 1. The Kier molecular flexibility index (Phi) is 5.43. The molecule has 1 unspecified atom stereocenters. The van der Waals surface area contributed by atoms with Gasteiger partial charge in [-0.25, -0.2) is 0 Å². The zero-order valence-corrected chi connectivity index (χ0v) is 18.5. The second-order valence-corrected chi connectivity index (χ2v) is 9.60. The fraction of sp³-hybridized carbons (Fsp3) is 0.458. The Labute approximate surface area is 182 Å². The lowest BCUT2D eigenvalue weighted by molar-refractivity contribution is -0.139. The number of halogens is 2. The smallest absolute Gasteiger partial charge is 0.229 e. The molecule has 0 aromatic heterocycles. The fourth-order valence-electron chi connectivity index (χ4n) is 5.85. The van der Waals surface area contributed by atoms with Gasteiger partial charge in [0.15, 0.2) is 0 Å². The van der Waals surface area contributed by atoms with E-state index in [0.717, 1.165) is 28.1 Å². The highest BCUT2D eigenvalue weighted by Gasteiger charge is 2.62. The van der Waals surface area contributed by atoms with Crippen LogP contribution >= 0.6 is 23.2 Å². The predicted molar refractivity (Wildman–Crippen MR) is 118 cm³/mol. The van der Waals surface area contributed by atoms with Crippen LogP contribution in [-0.4, -0.2) is 23.2 Å². The van der Waals surface area contributed by atoms with Gasteiger partial charge in [-0.3, -0.25) is 4.79 Å². The summed E-state index contributed by atoms with van der Waals surface area (Å²) < 4.78 is 0. The predicted octanol–water partition coefficient (Wildman–Crippen LogP) is 5.46. The summed E-state index contributed by atoms with van der Waals surface area (Å²) in [5.74, 6) is 0.144. The van der Waals surface area contributed by atoms with E-state index in [1.54, 1.807) is 6.92 Å². The number of rotatable bonds is 3. The molecule has 2 fully saturated rings. The van der Waals surface area contributed by atoms with Gasteiger partial charge in [0.2, 0.25) is 5.91 Å². The van der Waals surface area contributed by atoms with E-state index in [9.17, 15) is 9.90 Å². The van der Waals surface area contributed by atoms with Gasteiger partial charge in [0, 0.05) is 22.0 Å². The summed E-state index contributed by atoms with van der Waals surface area (Å²) in [7, 11) is 0. The molecule has 29 heavy (non-hydrogen) atoms. The third-order valence-electron chi connectivity index (χ3n) is 7.16. The van der Waals surface area contributed by atoms with Gasteiger partial charge in [0.05, 0.1) is 11.5 Å². The van der Waals surface area contributed by atoms with Crippen molar-refractivity contribution in [3.8, 4) is 0 Å². The average molecular weight is 432 g/mol. The molecule has 2 aromatic carbocycles. The summed E-state index contributed by atoms with van der Waals surface area (Å²) in [5.41, 5.74) is 2.59. The molecule has 2 aliphatic rings. The molecule has 4 rings (SSSR count). The number of fused-ring (bicyclic) bond motifs is 1. The van der Waals surface area contributed by atoms with Gasteiger partial charge in [0.1, 0.15) is 0 Å². The number of aliphatic hydroxyl groups excluding tert-OH is 1. The molecule has 1 amide bonds. The molecule has 1 aliphatic carbocycles. The zero-order chi connectivity index (χ0) is 20.9. The quantitative estimate of drug-likeness (QED) is 0.676. The van der Waals surface area contributed by atoms with Crippen molar-refractivity contribution in [3.05, 3.63) is 69.2 Å². The fourth-order valence-corrected chi connectivity index (χ4v) is 6.35. The molecule has 0 spiro atoms. The van der Waals surface area contributed by atoms with Crippen LogP contribution in [0, 0.1) is 18.3 Å². The molecule has 0 bridgehead atoms.